The van der Waals surface area contributed by atoms with Crippen LogP contribution in [0.15, 0.2) is 18.2 Å². The maximum Gasteiger partial charge on any atom is 0.324 e. The van der Waals surface area contributed by atoms with Gasteiger partial charge in [0.2, 0.25) is 8.32 Å². The quantitative estimate of drug-likeness (QED) is 0.224. The molecule has 0 aliphatic rings. The van der Waals surface area contributed by atoms with Crippen molar-refractivity contribution in [3.8, 4) is 0 Å². The number of esters is 2. The molecule has 1 rings (SSSR count). The summed E-state index contributed by atoms with van der Waals surface area (Å²) in [6.07, 6.45) is 0. The Morgan fingerprint density at radius 1 is 0.900 bits per heavy atom. The van der Waals surface area contributed by atoms with E-state index < -0.39 is 26.2 Å². The summed E-state index contributed by atoms with van der Waals surface area (Å²) in [6.45, 7) is 17.2. The number of carbonyl (C=O) groups is 2. The maximum absolute atomic E-state index is 12.7. The molecule has 0 unspecified atom stereocenters. The van der Waals surface area contributed by atoms with E-state index in [2.05, 4.69) is 41.5 Å². The van der Waals surface area contributed by atoms with Crippen LogP contribution in [0.2, 0.25) is 21.6 Å². The topological polar surface area (TPSA) is 61.8 Å². The van der Waals surface area contributed by atoms with Gasteiger partial charge in [-0.3, -0.25) is 9.59 Å². The largest absolute Gasteiger partial charge is 0.465 e. The fourth-order valence-corrected chi connectivity index (χ4v) is 10.1. The van der Waals surface area contributed by atoms with E-state index >= 15 is 0 Å². The minimum absolute atomic E-state index is 0.172. The number of hydrogen-bond acceptors (Lipinski definition) is 5. The molecular weight excluding hydrogens is 420 g/mol. The summed E-state index contributed by atoms with van der Waals surface area (Å²) < 4.78 is 17.0. The van der Waals surface area contributed by atoms with Crippen molar-refractivity contribution in [1.29, 1.82) is 0 Å². The van der Waals surface area contributed by atoms with Crippen LogP contribution in [0.4, 0.5) is 0 Å². The molecule has 0 fully saturated rings. The molecule has 0 aliphatic carbocycles. The standard InChI is InChI=1S/C23H37ClO5Si/c1-9-27-22(25)21(23(26)28-10-2)18-12-11-13-20(24)19(18)14-29-30(15(3)4,16(5)6)17(7)8/h11-13,15-17,21H,9-10,14H2,1-8H3. The predicted octanol–water partition coefficient (Wildman–Crippen LogP) is 6.24. The number of carbonyl (C=O) groups excluding carboxylic acids is 2. The van der Waals surface area contributed by atoms with Crippen molar-refractivity contribution >= 4 is 31.9 Å². The minimum atomic E-state index is -2.17. The second kappa shape index (κ2) is 11.9. The molecule has 0 amide bonds. The molecule has 1 aromatic carbocycles. The third-order valence-electron chi connectivity index (χ3n) is 5.68. The maximum atomic E-state index is 12.7. The van der Waals surface area contributed by atoms with E-state index in [4.69, 9.17) is 25.5 Å². The van der Waals surface area contributed by atoms with Crippen molar-refractivity contribution < 1.29 is 23.5 Å². The highest BCUT2D eigenvalue weighted by Crippen LogP contribution is 2.43. The highest BCUT2D eigenvalue weighted by atomic mass is 35.5. The molecule has 170 valence electrons. The number of halogens is 1. The Balaban J connectivity index is 3.44. The average Bonchev–Trinajstić information content (AvgIpc) is 2.63. The van der Waals surface area contributed by atoms with Crippen LogP contribution in [0.5, 0.6) is 0 Å². The Labute approximate surface area is 187 Å². The molecule has 0 bridgehead atoms. The van der Waals surface area contributed by atoms with Crippen LogP contribution >= 0.6 is 11.6 Å². The van der Waals surface area contributed by atoms with Crippen LogP contribution in [0.3, 0.4) is 0 Å². The van der Waals surface area contributed by atoms with Crippen LogP contribution in [0.25, 0.3) is 0 Å². The lowest BCUT2D eigenvalue weighted by atomic mass is 9.94. The molecular formula is C23H37ClO5Si. The summed E-state index contributed by atoms with van der Waals surface area (Å²) in [7, 11) is -2.17. The highest BCUT2D eigenvalue weighted by molar-refractivity contribution is 6.77. The third kappa shape index (κ3) is 5.86. The lowest BCUT2D eigenvalue weighted by molar-refractivity contribution is -0.157. The number of rotatable bonds is 11. The summed E-state index contributed by atoms with van der Waals surface area (Å²) in [4.78, 5) is 25.3. The van der Waals surface area contributed by atoms with Crippen LogP contribution in [-0.4, -0.2) is 33.5 Å². The molecule has 0 saturated carbocycles. The van der Waals surface area contributed by atoms with Gasteiger partial charge in [-0.2, -0.15) is 0 Å². The van der Waals surface area contributed by atoms with E-state index in [9.17, 15) is 9.59 Å². The number of ether oxygens (including phenoxy) is 2. The van der Waals surface area contributed by atoms with Crippen molar-refractivity contribution in [2.24, 2.45) is 0 Å². The van der Waals surface area contributed by atoms with E-state index in [1.165, 1.54) is 0 Å². The minimum Gasteiger partial charge on any atom is -0.465 e. The smallest absolute Gasteiger partial charge is 0.324 e. The molecule has 0 atom stereocenters. The van der Waals surface area contributed by atoms with Crippen LogP contribution < -0.4 is 0 Å². The third-order valence-corrected chi connectivity index (χ3v) is 12.1. The monoisotopic (exact) mass is 456 g/mol. The van der Waals surface area contributed by atoms with Gasteiger partial charge in [-0.15, -0.1) is 0 Å². The van der Waals surface area contributed by atoms with Gasteiger partial charge in [0.15, 0.2) is 5.92 Å². The molecule has 0 saturated heterocycles. The van der Waals surface area contributed by atoms with Gasteiger partial charge in [-0.1, -0.05) is 65.3 Å². The van der Waals surface area contributed by atoms with Gasteiger partial charge in [0.1, 0.15) is 0 Å². The van der Waals surface area contributed by atoms with E-state index in [0.29, 0.717) is 32.8 Å². The summed E-state index contributed by atoms with van der Waals surface area (Å²) in [5.41, 5.74) is 2.32. The second-order valence-corrected chi connectivity index (χ2v) is 14.2. The van der Waals surface area contributed by atoms with Crippen molar-refractivity contribution in [2.45, 2.75) is 84.5 Å². The van der Waals surface area contributed by atoms with E-state index in [1.807, 2.05) is 0 Å². The van der Waals surface area contributed by atoms with Gasteiger partial charge >= 0.3 is 11.9 Å². The molecule has 0 radical (unpaired) electrons. The fourth-order valence-electron chi connectivity index (χ4n) is 4.50. The lowest BCUT2D eigenvalue weighted by Crippen LogP contribution is -2.47. The Morgan fingerprint density at radius 2 is 1.37 bits per heavy atom. The zero-order valence-corrected chi connectivity index (χ0v) is 21.3. The normalized spacial score (nSPS) is 12.2. The van der Waals surface area contributed by atoms with Crippen LogP contribution in [0, 0.1) is 0 Å². The van der Waals surface area contributed by atoms with Crippen molar-refractivity contribution in [3.63, 3.8) is 0 Å². The first-order valence-electron chi connectivity index (χ1n) is 10.8. The van der Waals surface area contributed by atoms with Gasteiger partial charge in [0.05, 0.1) is 19.8 Å². The van der Waals surface area contributed by atoms with E-state index in [0.717, 1.165) is 0 Å². The summed E-state index contributed by atoms with van der Waals surface area (Å²) in [5.74, 6) is -2.46. The Kier molecular flexibility index (Phi) is 10.5. The SMILES string of the molecule is CCOC(=O)C(C(=O)OCC)c1cccc(Cl)c1CO[Si](C(C)C)(C(C)C)C(C)C. The van der Waals surface area contributed by atoms with Gasteiger partial charge in [-0.25, -0.2) is 0 Å². The first-order chi connectivity index (χ1) is 14.0. The second-order valence-electron chi connectivity index (χ2n) is 8.35. The van der Waals surface area contributed by atoms with E-state index in [1.54, 1.807) is 32.0 Å². The Morgan fingerprint density at radius 3 is 1.77 bits per heavy atom. The molecule has 30 heavy (non-hydrogen) atoms. The number of benzene rings is 1. The molecule has 0 aliphatic heterocycles. The lowest BCUT2D eigenvalue weighted by Gasteiger charge is -2.42. The first-order valence-corrected chi connectivity index (χ1v) is 13.3. The molecule has 0 spiro atoms. The van der Waals surface area contributed by atoms with Gasteiger partial charge < -0.3 is 13.9 Å². The van der Waals surface area contributed by atoms with Gasteiger partial charge in [0.25, 0.3) is 0 Å². The van der Waals surface area contributed by atoms with E-state index in [-0.39, 0.29) is 19.8 Å². The Bertz CT molecular complexity index is 678. The van der Waals surface area contributed by atoms with Gasteiger partial charge in [-0.05, 0) is 47.7 Å². The van der Waals surface area contributed by atoms with Crippen molar-refractivity contribution in [3.05, 3.63) is 34.3 Å². The zero-order valence-electron chi connectivity index (χ0n) is 19.6. The first kappa shape index (κ1) is 26.7. The predicted molar refractivity (Wildman–Crippen MR) is 123 cm³/mol. The highest BCUT2D eigenvalue weighted by Gasteiger charge is 2.45. The molecule has 5 nitrogen and oxygen atoms in total. The molecule has 0 aromatic heterocycles. The number of hydrogen-bond donors (Lipinski definition) is 0. The van der Waals surface area contributed by atoms with Crippen molar-refractivity contribution in [2.75, 3.05) is 13.2 Å². The molecule has 1 aromatic rings. The average molecular weight is 457 g/mol. The van der Waals surface area contributed by atoms with Crippen LogP contribution in [-0.2, 0) is 30.1 Å². The molecule has 7 heteroatoms. The molecule has 0 N–H and O–H groups in total. The summed E-state index contributed by atoms with van der Waals surface area (Å²) in [6, 6.07) is 5.21. The summed E-state index contributed by atoms with van der Waals surface area (Å²) >= 11 is 6.54. The molecule has 0 heterocycles. The summed E-state index contributed by atoms with van der Waals surface area (Å²) in [5, 5.41) is 0.463. The van der Waals surface area contributed by atoms with Crippen LogP contribution in [0.1, 0.15) is 72.4 Å². The fraction of sp³-hybridized carbons (Fsp3) is 0.652. The van der Waals surface area contributed by atoms with Gasteiger partial charge in [0, 0.05) is 5.02 Å². The van der Waals surface area contributed by atoms with Crippen molar-refractivity contribution in [1.82, 2.24) is 0 Å². The zero-order chi connectivity index (χ0) is 23.1. The Hall–Kier alpha value is -1.37.